The van der Waals surface area contributed by atoms with E-state index in [4.69, 9.17) is 0 Å². The van der Waals surface area contributed by atoms with Crippen molar-refractivity contribution in [3.8, 4) is 0 Å². The van der Waals surface area contributed by atoms with Crippen LogP contribution in [-0.4, -0.2) is 24.1 Å². The quantitative estimate of drug-likeness (QED) is 0.682. The van der Waals surface area contributed by atoms with Crippen LogP contribution in [0.15, 0.2) is 0 Å². The van der Waals surface area contributed by atoms with Gasteiger partial charge in [0.2, 0.25) is 0 Å². The standard InChI is InChI=1S/C11H25NS/c1-9(2)6-7-13-11(4)8-10(3)12-5/h9-12H,6-8H2,1-5H3. The summed E-state index contributed by atoms with van der Waals surface area (Å²) in [5.74, 6) is 2.16. The zero-order valence-corrected chi connectivity index (χ0v) is 10.6. The highest BCUT2D eigenvalue weighted by molar-refractivity contribution is 7.99. The highest BCUT2D eigenvalue weighted by Crippen LogP contribution is 2.18. The molecule has 0 aromatic heterocycles. The van der Waals surface area contributed by atoms with Crippen molar-refractivity contribution in [2.45, 2.75) is 51.8 Å². The Morgan fingerprint density at radius 1 is 1.15 bits per heavy atom. The van der Waals surface area contributed by atoms with Gasteiger partial charge in [-0.15, -0.1) is 0 Å². The van der Waals surface area contributed by atoms with Crippen LogP contribution in [0.3, 0.4) is 0 Å². The maximum atomic E-state index is 3.28. The summed E-state index contributed by atoms with van der Waals surface area (Å²) in [7, 11) is 2.04. The summed E-state index contributed by atoms with van der Waals surface area (Å²) in [6.07, 6.45) is 2.63. The van der Waals surface area contributed by atoms with Gasteiger partial charge in [0.15, 0.2) is 0 Å². The summed E-state index contributed by atoms with van der Waals surface area (Å²) >= 11 is 2.11. The van der Waals surface area contributed by atoms with Crippen molar-refractivity contribution in [2.24, 2.45) is 5.92 Å². The van der Waals surface area contributed by atoms with Crippen molar-refractivity contribution in [1.29, 1.82) is 0 Å². The van der Waals surface area contributed by atoms with Gasteiger partial charge in [-0.1, -0.05) is 20.8 Å². The lowest BCUT2D eigenvalue weighted by Gasteiger charge is -2.16. The minimum absolute atomic E-state index is 0.654. The van der Waals surface area contributed by atoms with Gasteiger partial charge in [0.25, 0.3) is 0 Å². The Bertz CT molecular complexity index is 115. The van der Waals surface area contributed by atoms with Crippen molar-refractivity contribution in [3.05, 3.63) is 0 Å². The van der Waals surface area contributed by atoms with E-state index in [1.807, 2.05) is 7.05 Å². The summed E-state index contributed by atoms with van der Waals surface area (Å²) in [5, 5.41) is 4.07. The first kappa shape index (κ1) is 13.3. The van der Waals surface area contributed by atoms with Crippen LogP contribution in [0.2, 0.25) is 0 Å². The second kappa shape index (κ2) is 7.69. The maximum Gasteiger partial charge on any atom is 0.00461 e. The highest BCUT2D eigenvalue weighted by atomic mass is 32.2. The van der Waals surface area contributed by atoms with Crippen LogP contribution in [0, 0.1) is 5.92 Å². The molecule has 0 saturated carbocycles. The first-order chi connectivity index (χ1) is 6.06. The molecule has 0 aliphatic heterocycles. The van der Waals surface area contributed by atoms with E-state index >= 15 is 0 Å². The van der Waals surface area contributed by atoms with Gasteiger partial charge in [-0.2, -0.15) is 11.8 Å². The fourth-order valence-corrected chi connectivity index (χ4v) is 2.62. The van der Waals surface area contributed by atoms with Crippen molar-refractivity contribution >= 4 is 11.8 Å². The fourth-order valence-electron chi connectivity index (χ4n) is 1.19. The van der Waals surface area contributed by atoms with Gasteiger partial charge in [-0.25, -0.2) is 0 Å². The monoisotopic (exact) mass is 203 g/mol. The van der Waals surface area contributed by atoms with Gasteiger partial charge >= 0.3 is 0 Å². The highest BCUT2D eigenvalue weighted by Gasteiger charge is 2.07. The molecule has 2 heteroatoms. The van der Waals surface area contributed by atoms with Crippen molar-refractivity contribution in [2.75, 3.05) is 12.8 Å². The molecular weight excluding hydrogens is 178 g/mol. The molecule has 13 heavy (non-hydrogen) atoms. The van der Waals surface area contributed by atoms with Gasteiger partial charge in [-0.05, 0) is 38.5 Å². The number of hydrogen-bond donors (Lipinski definition) is 1. The molecule has 0 saturated heterocycles. The Hall–Kier alpha value is 0.310. The van der Waals surface area contributed by atoms with Crippen LogP contribution < -0.4 is 5.32 Å². The van der Waals surface area contributed by atoms with Crippen molar-refractivity contribution in [1.82, 2.24) is 5.32 Å². The van der Waals surface area contributed by atoms with Gasteiger partial charge in [0, 0.05) is 11.3 Å². The van der Waals surface area contributed by atoms with E-state index < -0.39 is 0 Å². The van der Waals surface area contributed by atoms with E-state index in [1.165, 1.54) is 18.6 Å². The number of nitrogens with one attached hydrogen (secondary N) is 1. The minimum atomic E-state index is 0.654. The van der Waals surface area contributed by atoms with Gasteiger partial charge < -0.3 is 5.32 Å². The maximum absolute atomic E-state index is 3.28. The summed E-state index contributed by atoms with van der Waals surface area (Å²) in [6, 6.07) is 0.654. The van der Waals surface area contributed by atoms with Crippen LogP contribution in [0.4, 0.5) is 0 Å². The van der Waals surface area contributed by atoms with E-state index in [0.29, 0.717) is 6.04 Å². The van der Waals surface area contributed by atoms with Gasteiger partial charge in [0.1, 0.15) is 0 Å². The van der Waals surface area contributed by atoms with Gasteiger partial charge in [-0.3, -0.25) is 0 Å². The first-order valence-corrected chi connectivity index (χ1v) is 6.40. The van der Waals surface area contributed by atoms with E-state index in [-0.39, 0.29) is 0 Å². The molecule has 80 valence electrons. The van der Waals surface area contributed by atoms with Crippen LogP contribution in [0.25, 0.3) is 0 Å². The molecule has 0 spiro atoms. The van der Waals surface area contributed by atoms with Crippen LogP contribution in [0.5, 0.6) is 0 Å². The van der Waals surface area contributed by atoms with Gasteiger partial charge in [0.05, 0.1) is 0 Å². The molecule has 2 atom stereocenters. The van der Waals surface area contributed by atoms with E-state index in [2.05, 4.69) is 44.8 Å². The molecule has 2 unspecified atom stereocenters. The average Bonchev–Trinajstić information content (AvgIpc) is 2.03. The summed E-state index contributed by atoms with van der Waals surface area (Å²) in [5.41, 5.74) is 0. The van der Waals surface area contributed by atoms with Crippen molar-refractivity contribution < 1.29 is 0 Å². The molecule has 0 amide bonds. The molecule has 1 nitrogen and oxygen atoms in total. The molecule has 0 fully saturated rings. The fraction of sp³-hybridized carbons (Fsp3) is 1.00. The molecule has 0 rings (SSSR count). The SMILES string of the molecule is CNC(C)CC(C)SCCC(C)C. The smallest absolute Gasteiger partial charge is 0.00461 e. The lowest BCUT2D eigenvalue weighted by atomic mass is 10.2. The molecular formula is C11H25NS. The molecule has 0 aliphatic rings. The van der Waals surface area contributed by atoms with Crippen LogP contribution in [-0.2, 0) is 0 Å². The lowest BCUT2D eigenvalue weighted by molar-refractivity contribution is 0.563. The van der Waals surface area contributed by atoms with Crippen LogP contribution in [0.1, 0.15) is 40.5 Å². The Morgan fingerprint density at radius 3 is 2.23 bits per heavy atom. The van der Waals surface area contributed by atoms with E-state index in [1.54, 1.807) is 0 Å². The molecule has 0 aromatic carbocycles. The first-order valence-electron chi connectivity index (χ1n) is 5.35. The normalized spacial score (nSPS) is 16.2. The lowest BCUT2D eigenvalue weighted by Crippen LogP contribution is -2.24. The van der Waals surface area contributed by atoms with Crippen molar-refractivity contribution in [3.63, 3.8) is 0 Å². The molecule has 0 heterocycles. The number of thioether (sulfide) groups is 1. The third kappa shape index (κ3) is 8.63. The predicted octanol–water partition coefficient (Wildman–Crippen LogP) is 3.15. The third-order valence-corrected chi connectivity index (χ3v) is 3.51. The summed E-state index contributed by atoms with van der Waals surface area (Å²) in [6.45, 7) is 9.17. The molecule has 0 bridgehead atoms. The number of hydrogen-bond acceptors (Lipinski definition) is 2. The molecule has 0 aliphatic carbocycles. The second-order valence-electron chi connectivity index (χ2n) is 4.29. The third-order valence-electron chi connectivity index (χ3n) is 2.28. The largest absolute Gasteiger partial charge is 0.317 e. The Morgan fingerprint density at radius 2 is 1.77 bits per heavy atom. The number of rotatable bonds is 7. The molecule has 1 N–H and O–H groups in total. The Labute approximate surface area is 88.1 Å². The topological polar surface area (TPSA) is 12.0 Å². The zero-order chi connectivity index (χ0) is 10.3. The van der Waals surface area contributed by atoms with E-state index in [0.717, 1.165) is 11.2 Å². The Balaban J connectivity index is 3.34. The van der Waals surface area contributed by atoms with E-state index in [9.17, 15) is 0 Å². The predicted molar refractivity (Wildman–Crippen MR) is 64.5 cm³/mol. The summed E-state index contributed by atoms with van der Waals surface area (Å²) in [4.78, 5) is 0. The molecule has 0 aromatic rings. The minimum Gasteiger partial charge on any atom is -0.317 e. The van der Waals surface area contributed by atoms with Crippen LogP contribution >= 0.6 is 11.8 Å². The second-order valence-corrected chi connectivity index (χ2v) is 5.84. The average molecular weight is 203 g/mol. The Kier molecular flexibility index (Phi) is 7.87. The molecule has 0 radical (unpaired) electrons. The zero-order valence-electron chi connectivity index (χ0n) is 9.76. The summed E-state index contributed by atoms with van der Waals surface area (Å²) < 4.78 is 0.